The van der Waals surface area contributed by atoms with Crippen LogP contribution >= 0.6 is 0 Å². The second-order valence-corrected chi connectivity index (χ2v) is 6.06. The van der Waals surface area contributed by atoms with Crippen molar-refractivity contribution in [2.75, 3.05) is 6.61 Å². The van der Waals surface area contributed by atoms with E-state index in [1.807, 2.05) is 0 Å². The summed E-state index contributed by atoms with van der Waals surface area (Å²) in [5.41, 5.74) is 5.25. The first kappa shape index (κ1) is 19.1. The molecule has 7 nitrogen and oxygen atoms in total. The molecule has 0 fully saturated rings. The van der Waals surface area contributed by atoms with Gasteiger partial charge in [-0.05, 0) is 36.2 Å². The number of nitrogens with one attached hydrogen (secondary N) is 2. The summed E-state index contributed by atoms with van der Waals surface area (Å²) >= 11 is 0. The van der Waals surface area contributed by atoms with Gasteiger partial charge in [-0.1, -0.05) is 18.2 Å². The molecule has 0 aliphatic rings. The van der Waals surface area contributed by atoms with Crippen LogP contribution in [0.15, 0.2) is 57.7 Å². The molecule has 2 amide bonds. The van der Waals surface area contributed by atoms with E-state index in [1.165, 1.54) is 30.3 Å². The number of hydrogen-bond acceptors (Lipinski definition) is 5. The largest absolute Gasteiger partial charge is 0.484 e. The van der Waals surface area contributed by atoms with E-state index in [4.69, 9.17) is 9.15 Å². The molecule has 0 aliphatic heterocycles. The van der Waals surface area contributed by atoms with Crippen LogP contribution in [0.1, 0.15) is 11.1 Å². The third kappa shape index (κ3) is 4.73. The van der Waals surface area contributed by atoms with Gasteiger partial charge in [0, 0.05) is 17.5 Å². The number of hydrogen-bond donors (Lipinski definition) is 2. The van der Waals surface area contributed by atoms with E-state index in [2.05, 4.69) is 10.9 Å². The first-order chi connectivity index (χ1) is 13.4. The Bertz CT molecular complexity index is 1090. The lowest BCUT2D eigenvalue weighted by Crippen LogP contribution is -2.44. The zero-order valence-corrected chi connectivity index (χ0v) is 15.0. The van der Waals surface area contributed by atoms with Crippen molar-refractivity contribution in [1.29, 1.82) is 0 Å². The SMILES string of the molecule is Cc1cc(=O)oc2cc(OCC(=O)NNC(=O)Cc3ccccc3F)ccc12. The Morgan fingerprint density at radius 2 is 1.82 bits per heavy atom. The van der Waals surface area contributed by atoms with Gasteiger partial charge in [0.15, 0.2) is 6.61 Å². The monoisotopic (exact) mass is 384 g/mol. The van der Waals surface area contributed by atoms with Gasteiger partial charge in [0.2, 0.25) is 5.91 Å². The molecule has 0 radical (unpaired) electrons. The summed E-state index contributed by atoms with van der Waals surface area (Å²) in [5, 5.41) is 0.761. The number of ether oxygens (including phenoxy) is 1. The van der Waals surface area contributed by atoms with Crippen molar-refractivity contribution >= 4 is 22.8 Å². The Balaban J connectivity index is 1.51. The number of aryl methyl sites for hydroxylation is 1. The third-order valence-corrected chi connectivity index (χ3v) is 3.94. The van der Waals surface area contributed by atoms with Gasteiger partial charge in [0.05, 0.1) is 6.42 Å². The molecule has 0 atom stereocenters. The Morgan fingerprint density at radius 1 is 1.07 bits per heavy atom. The maximum Gasteiger partial charge on any atom is 0.336 e. The zero-order valence-electron chi connectivity index (χ0n) is 15.0. The molecule has 0 aliphatic carbocycles. The van der Waals surface area contributed by atoms with Gasteiger partial charge < -0.3 is 9.15 Å². The average Bonchev–Trinajstić information content (AvgIpc) is 2.66. The molecule has 3 aromatic rings. The number of carbonyl (C=O) groups excluding carboxylic acids is 2. The number of benzene rings is 2. The fourth-order valence-electron chi connectivity index (χ4n) is 2.58. The highest BCUT2D eigenvalue weighted by Crippen LogP contribution is 2.22. The van der Waals surface area contributed by atoms with Crippen molar-refractivity contribution in [2.45, 2.75) is 13.3 Å². The molecule has 2 aromatic carbocycles. The summed E-state index contributed by atoms with van der Waals surface area (Å²) in [6, 6.07) is 12.1. The van der Waals surface area contributed by atoms with E-state index in [-0.39, 0.29) is 18.6 Å². The van der Waals surface area contributed by atoms with Crippen LogP contribution in [0.5, 0.6) is 5.75 Å². The van der Waals surface area contributed by atoms with Crippen LogP contribution in [0.25, 0.3) is 11.0 Å². The normalized spacial score (nSPS) is 10.5. The summed E-state index contributed by atoms with van der Waals surface area (Å²) < 4.78 is 24.0. The van der Waals surface area contributed by atoms with Gasteiger partial charge in [-0.15, -0.1) is 0 Å². The third-order valence-electron chi connectivity index (χ3n) is 3.94. The van der Waals surface area contributed by atoms with Crippen molar-refractivity contribution in [3.63, 3.8) is 0 Å². The molecule has 3 rings (SSSR count). The molecule has 0 saturated heterocycles. The molecule has 144 valence electrons. The molecule has 0 spiro atoms. The van der Waals surface area contributed by atoms with Crippen LogP contribution in [0.3, 0.4) is 0 Å². The maximum absolute atomic E-state index is 13.5. The van der Waals surface area contributed by atoms with Gasteiger partial charge in [-0.2, -0.15) is 0 Å². The van der Waals surface area contributed by atoms with Crippen LogP contribution in [0.2, 0.25) is 0 Å². The topological polar surface area (TPSA) is 97.6 Å². The van der Waals surface area contributed by atoms with Gasteiger partial charge >= 0.3 is 5.63 Å². The van der Waals surface area contributed by atoms with E-state index in [0.717, 1.165) is 10.9 Å². The molecule has 8 heteroatoms. The number of hydrazine groups is 1. The molecular weight excluding hydrogens is 367 g/mol. The first-order valence-electron chi connectivity index (χ1n) is 8.41. The van der Waals surface area contributed by atoms with Crippen molar-refractivity contribution in [1.82, 2.24) is 10.9 Å². The first-order valence-corrected chi connectivity index (χ1v) is 8.41. The number of carbonyl (C=O) groups is 2. The molecular formula is C20H17FN2O5. The summed E-state index contributed by atoms with van der Waals surface area (Å²) in [4.78, 5) is 35.0. The molecule has 0 unspecified atom stereocenters. The van der Waals surface area contributed by atoms with E-state index in [0.29, 0.717) is 11.3 Å². The number of amides is 2. The standard InChI is InChI=1S/C20H17FN2O5/c1-12-8-20(26)28-17-10-14(6-7-15(12)17)27-11-19(25)23-22-18(24)9-13-4-2-3-5-16(13)21/h2-8,10H,9,11H2,1H3,(H,22,24)(H,23,25). The Hall–Kier alpha value is -3.68. The van der Waals surface area contributed by atoms with Crippen LogP contribution in [-0.2, 0) is 16.0 Å². The smallest absolute Gasteiger partial charge is 0.336 e. The highest BCUT2D eigenvalue weighted by Gasteiger charge is 2.10. The van der Waals surface area contributed by atoms with Crippen LogP contribution < -0.4 is 21.2 Å². The fraction of sp³-hybridized carbons (Fsp3) is 0.150. The minimum Gasteiger partial charge on any atom is -0.484 e. The van der Waals surface area contributed by atoms with Gasteiger partial charge in [0.25, 0.3) is 5.91 Å². The highest BCUT2D eigenvalue weighted by molar-refractivity contribution is 5.84. The van der Waals surface area contributed by atoms with Crippen LogP contribution in [0.4, 0.5) is 4.39 Å². The predicted octanol–water partition coefficient (Wildman–Crippen LogP) is 2.01. The minimum atomic E-state index is -0.604. The van der Waals surface area contributed by atoms with Gasteiger partial charge in [-0.3, -0.25) is 20.4 Å². The second-order valence-electron chi connectivity index (χ2n) is 6.06. The molecule has 0 bridgehead atoms. The quantitative estimate of drug-likeness (QED) is 0.518. The summed E-state index contributed by atoms with van der Waals surface area (Å²) in [6.07, 6.45) is -0.211. The molecule has 2 N–H and O–H groups in total. The summed E-state index contributed by atoms with van der Waals surface area (Å²) in [7, 11) is 0. The predicted molar refractivity (Wildman–Crippen MR) is 99.1 cm³/mol. The van der Waals surface area contributed by atoms with Crippen LogP contribution in [-0.4, -0.2) is 18.4 Å². The highest BCUT2D eigenvalue weighted by atomic mass is 19.1. The maximum atomic E-state index is 13.5. The Morgan fingerprint density at radius 3 is 2.61 bits per heavy atom. The minimum absolute atomic E-state index is 0.211. The van der Waals surface area contributed by atoms with E-state index in [1.54, 1.807) is 25.1 Å². The fourth-order valence-corrected chi connectivity index (χ4v) is 2.58. The second kappa shape index (κ2) is 8.34. The van der Waals surface area contributed by atoms with Gasteiger partial charge in [-0.25, -0.2) is 9.18 Å². The van der Waals surface area contributed by atoms with Crippen molar-refractivity contribution in [3.05, 3.63) is 75.9 Å². The number of halogens is 1. The Kier molecular flexibility index (Phi) is 5.69. The lowest BCUT2D eigenvalue weighted by atomic mass is 10.1. The Labute approximate surface area is 159 Å². The zero-order chi connectivity index (χ0) is 20.1. The van der Waals surface area contributed by atoms with E-state index < -0.39 is 23.3 Å². The van der Waals surface area contributed by atoms with Gasteiger partial charge in [0.1, 0.15) is 17.1 Å². The van der Waals surface area contributed by atoms with Crippen molar-refractivity contribution in [3.8, 4) is 5.75 Å². The molecule has 0 saturated carbocycles. The molecule has 28 heavy (non-hydrogen) atoms. The number of rotatable bonds is 5. The van der Waals surface area contributed by atoms with Crippen molar-refractivity contribution in [2.24, 2.45) is 0 Å². The van der Waals surface area contributed by atoms with E-state index in [9.17, 15) is 18.8 Å². The number of fused-ring (bicyclic) bond motifs is 1. The average molecular weight is 384 g/mol. The lowest BCUT2D eigenvalue weighted by molar-refractivity contribution is -0.129. The van der Waals surface area contributed by atoms with E-state index >= 15 is 0 Å². The molecule has 1 aromatic heterocycles. The summed E-state index contributed by atoms with van der Waals surface area (Å²) in [6.45, 7) is 1.42. The lowest BCUT2D eigenvalue weighted by Gasteiger charge is -2.10. The molecule has 1 heterocycles. The van der Waals surface area contributed by atoms with Crippen LogP contribution in [0, 0.1) is 12.7 Å². The summed E-state index contributed by atoms with van der Waals surface area (Å²) in [5.74, 6) is -1.34. The van der Waals surface area contributed by atoms with Crippen molar-refractivity contribution < 1.29 is 23.1 Å².